The molecule has 0 amide bonds. The number of alkyl halides is 2. The number of carbonyl (C=O) groups is 2. The lowest BCUT2D eigenvalue weighted by Gasteiger charge is -2.64. The minimum absolute atomic E-state index is 0.0134. The van der Waals surface area contributed by atoms with Crippen molar-refractivity contribution in [2.45, 2.75) is 62.8 Å². The molecule has 160 valence electrons. The maximum absolute atomic E-state index is 15.3. The van der Waals surface area contributed by atoms with E-state index in [4.69, 9.17) is 11.6 Å². The van der Waals surface area contributed by atoms with Crippen molar-refractivity contribution in [2.24, 2.45) is 28.6 Å². The van der Waals surface area contributed by atoms with Crippen molar-refractivity contribution in [1.82, 2.24) is 0 Å². The number of halogens is 2. The van der Waals surface area contributed by atoms with Crippen LogP contribution in [0, 0.1) is 28.6 Å². The number of hydrogen-bond donors (Lipinski definition) is 3. The Bertz CT molecular complexity index is 841. The molecule has 0 spiro atoms. The molecule has 0 aliphatic heterocycles. The van der Waals surface area contributed by atoms with E-state index < -0.39 is 57.8 Å². The lowest BCUT2D eigenvalue weighted by molar-refractivity contribution is -0.181. The Hall–Kier alpha value is -1.08. The highest BCUT2D eigenvalue weighted by molar-refractivity contribution is 6.26. The average molecular weight is 427 g/mol. The van der Waals surface area contributed by atoms with Crippen LogP contribution in [0.25, 0.3) is 0 Å². The molecule has 0 unspecified atom stereocenters. The second-order valence-electron chi connectivity index (χ2n) is 9.84. The van der Waals surface area contributed by atoms with E-state index in [0.717, 1.165) is 0 Å². The van der Waals surface area contributed by atoms with Gasteiger partial charge in [-0.25, -0.2) is 4.39 Å². The van der Waals surface area contributed by atoms with Gasteiger partial charge in [0.25, 0.3) is 0 Å². The molecule has 4 aliphatic rings. The zero-order valence-electron chi connectivity index (χ0n) is 16.9. The average Bonchev–Trinajstić information content (AvgIpc) is 2.86. The highest BCUT2D eigenvalue weighted by Gasteiger charge is 2.75. The molecule has 7 heteroatoms. The second kappa shape index (κ2) is 6.22. The Morgan fingerprint density at radius 1 is 1.31 bits per heavy atom. The van der Waals surface area contributed by atoms with Crippen LogP contribution in [-0.2, 0) is 9.59 Å². The normalized spacial score (nSPS) is 53.7. The predicted octanol–water partition coefficient (Wildman–Crippen LogP) is 2.11. The van der Waals surface area contributed by atoms with Crippen molar-refractivity contribution in [3.8, 4) is 0 Å². The molecule has 0 radical (unpaired) electrons. The minimum Gasteiger partial charge on any atom is -0.391 e. The number of aliphatic hydroxyl groups is 3. The molecular weight excluding hydrogens is 399 g/mol. The highest BCUT2D eigenvalue weighted by Crippen LogP contribution is 2.71. The lowest BCUT2D eigenvalue weighted by Crippen LogP contribution is -2.70. The summed E-state index contributed by atoms with van der Waals surface area (Å²) < 4.78 is 15.3. The summed E-state index contributed by atoms with van der Waals surface area (Å²) >= 11 is 7.20. The predicted molar refractivity (Wildman–Crippen MR) is 105 cm³/mol. The Kier molecular flexibility index (Phi) is 4.54. The highest BCUT2D eigenvalue weighted by atomic mass is 35.5. The van der Waals surface area contributed by atoms with Crippen molar-refractivity contribution in [2.75, 3.05) is 6.61 Å². The number of Topliss-reactive ketones (excluding diaryl/α,β-unsaturated/α-hetero) is 1. The molecule has 3 fully saturated rings. The van der Waals surface area contributed by atoms with E-state index in [0.29, 0.717) is 6.42 Å². The first-order chi connectivity index (χ1) is 13.4. The van der Waals surface area contributed by atoms with Crippen LogP contribution < -0.4 is 0 Å². The molecule has 4 aliphatic carbocycles. The maximum Gasteiger partial charge on any atom is 0.190 e. The van der Waals surface area contributed by atoms with Crippen molar-refractivity contribution in [1.29, 1.82) is 0 Å². The lowest BCUT2D eigenvalue weighted by atomic mass is 9.45. The topological polar surface area (TPSA) is 94.8 Å². The first-order valence-electron chi connectivity index (χ1n) is 10.2. The van der Waals surface area contributed by atoms with Crippen molar-refractivity contribution in [3.05, 3.63) is 23.8 Å². The molecule has 29 heavy (non-hydrogen) atoms. The third-order valence-corrected chi connectivity index (χ3v) is 9.70. The second-order valence-corrected chi connectivity index (χ2v) is 10.5. The largest absolute Gasteiger partial charge is 0.391 e. The number of rotatable bonds is 2. The van der Waals surface area contributed by atoms with Gasteiger partial charge in [-0.05, 0) is 54.7 Å². The molecule has 3 saturated carbocycles. The molecule has 0 heterocycles. The third kappa shape index (κ3) is 2.26. The van der Waals surface area contributed by atoms with Crippen molar-refractivity contribution < 1.29 is 29.3 Å². The van der Waals surface area contributed by atoms with E-state index in [1.807, 2.05) is 0 Å². The van der Waals surface area contributed by atoms with Crippen LogP contribution in [0.2, 0.25) is 0 Å². The molecule has 5 nitrogen and oxygen atoms in total. The van der Waals surface area contributed by atoms with Crippen LogP contribution in [-0.4, -0.2) is 56.2 Å². The van der Waals surface area contributed by atoms with Gasteiger partial charge in [0, 0.05) is 10.8 Å². The fraction of sp³-hybridized carbons (Fsp3) is 0.727. The first kappa shape index (κ1) is 21.2. The summed E-state index contributed by atoms with van der Waals surface area (Å²) in [4.78, 5) is 23.2. The fourth-order valence-corrected chi connectivity index (χ4v) is 7.74. The van der Waals surface area contributed by atoms with E-state index in [1.54, 1.807) is 26.8 Å². The van der Waals surface area contributed by atoms with Crippen molar-refractivity contribution >= 4 is 23.2 Å². The van der Waals surface area contributed by atoms with Gasteiger partial charge in [0.05, 0.1) is 11.0 Å². The van der Waals surface area contributed by atoms with Gasteiger partial charge >= 0.3 is 0 Å². The van der Waals surface area contributed by atoms with Gasteiger partial charge in [-0.1, -0.05) is 26.8 Å². The summed E-state index contributed by atoms with van der Waals surface area (Å²) in [7, 11) is 0. The van der Waals surface area contributed by atoms with Gasteiger partial charge in [-0.15, -0.1) is 11.6 Å². The zero-order valence-corrected chi connectivity index (χ0v) is 17.6. The smallest absolute Gasteiger partial charge is 0.190 e. The first-order valence-corrected chi connectivity index (χ1v) is 10.6. The molecule has 0 saturated heterocycles. The summed E-state index contributed by atoms with van der Waals surface area (Å²) in [5, 5.41) is 32.3. The number of ketones is 2. The van der Waals surface area contributed by atoms with E-state index in [-0.39, 0.29) is 30.1 Å². The standard InChI is InChI=1S/C22H28ClFO5/c1-11-6-13-14-8-16(24)15-7-12(26)4-5-19(15,2)21(14,23)17(27)9-20(13,3)22(11,29)18(28)10-25/h4-5,7,11,13-14,16-17,25,27,29H,6,8-10H2,1-3H3/t11-,13-,14-,16-,17-,19-,20-,21-,22-/m0/s1. The minimum atomic E-state index is -1.81. The van der Waals surface area contributed by atoms with Gasteiger partial charge in [0.2, 0.25) is 0 Å². The van der Waals surface area contributed by atoms with Gasteiger partial charge in [-0.3, -0.25) is 9.59 Å². The van der Waals surface area contributed by atoms with E-state index in [1.165, 1.54) is 12.2 Å². The number of aliphatic hydroxyl groups excluding tert-OH is 2. The SMILES string of the molecule is C[C@H]1C[C@H]2[C@@H]3C[C@H](F)C4=CC(=O)C=C[C@]4(C)[C@@]3(Cl)[C@@H](O)C[C@]2(C)[C@@]1(O)C(=O)CO. The van der Waals surface area contributed by atoms with Crippen LogP contribution in [0.4, 0.5) is 4.39 Å². The molecule has 9 atom stereocenters. The van der Waals surface area contributed by atoms with Crippen molar-refractivity contribution in [3.63, 3.8) is 0 Å². The molecule has 4 rings (SSSR count). The summed E-state index contributed by atoms with van der Waals surface area (Å²) in [6, 6.07) is 0. The third-order valence-electron chi connectivity index (χ3n) is 8.78. The molecule has 0 aromatic heterocycles. The Morgan fingerprint density at radius 3 is 2.59 bits per heavy atom. The fourth-order valence-electron chi connectivity index (χ4n) is 7.25. The van der Waals surface area contributed by atoms with Crippen LogP contribution in [0.5, 0.6) is 0 Å². The summed E-state index contributed by atoms with van der Waals surface area (Å²) in [6.45, 7) is 4.46. The van der Waals surface area contributed by atoms with Crippen LogP contribution in [0.15, 0.2) is 23.8 Å². The van der Waals surface area contributed by atoms with E-state index in [9.17, 15) is 24.9 Å². The van der Waals surface area contributed by atoms with Gasteiger partial charge < -0.3 is 15.3 Å². The summed E-state index contributed by atoms with van der Waals surface area (Å²) in [5.74, 6) is -2.27. The Balaban J connectivity index is 1.87. The molecule has 0 aromatic carbocycles. The molecule has 0 aromatic rings. The van der Waals surface area contributed by atoms with Gasteiger partial charge in [0.15, 0.2) is 11.6 Å². The monoisotopic (exact) mass is 426 g/mol. The maximum atomic E-state index is 15.3. The number of fused-ring (bicyclic) bond motifs is 5. The molecule has 3 N–H and O–H groups in total. The summed E-state index contributed by atoms with van der Waals surface area (Å²) in [6.07, 6.45) is 2.21. The van der Waals surface area contributed by atoms with E-state index >= 15 is 4.39 Å². The van der Waals surface area contributed by atoms with E-state index in [2.05, 4.69) is 0 Å². The Labute approximate surface area is 174 Å². The summed E-state index contributed by atoms with van der Waals surface area (Å²) in [5.41, 5.74) is -3.63. The molecular formula is C22H28ClFO5. The molecule has 0 bridgehead atoms. The zero-order chi connectivity index (χ0) is 21.6. The number of carbonyl (C=O) groups excluding carboxylic acids is 2. The quantitative estimate of drug-likeness (QED) is 0.588. The van der Waals surface area contributed by atoms with Crippen LogP contribution in [0.3, 0.4) is 0 Å². The Morgan fingerprint density at radius 2 is 1.97 bits per heavy atom. The van der Waals surface area contributed by atoms with Gasteiger partial charge in [0.1, 0.15) is 18.4 Å². The number of hydrogen-bond acceptors (Lipinski definition) is 5. The number of allylic oxidation sites excluding steroid dienone is 4. The van der Waals surface area contributed by atoms with Crippen LogP contribution in [0.1, 0.15) is 40.0 Å². The van der Waals surface area contributed by atoms with Gasteiger partial charge in [-0.2, -0.15) is 0 Å². The van der Waals surface area contributed by atoms with Crippen LogP contribution >= 0.6 is 11.6 Å².